The van der Waals surface area contributed by atoms with Gasteiger partial charge in [-0.1, -0.05) is 6.58 Å². The highest BCUT2D eigenvalue weighted by Gasteiger charge is 2.36. The van der Waals surface area contributed by atoms with Crippen LogP contribution in [0, 0.1) is 0 Å². The Hall–Kier alpha value is -0.693. The van der Waals surface area contributed by atoms with E-state index in [1.54, 1.807) is 21.3 Å². The van der Waals surface area contributed by atoms with Crippen molar-refractivity contribution in [3.05, 3.63) is 12.2 Å². The fourth-order valence-corrected chi connectivity index (χ4v) is 3.14. The van der Waals surface area contributed by atoms with Crippen LogP contribution >= 0.6 is 0 Å². The number of carboxylic acids is 1. The molecule has 0 aliphatic carbocycles. The summed E-state index contributed by atoms with van der Waals surface area (Å²) in [5.41, 5.74) is 0.236. The van der Waals surface area contributed by atoms with Gasteiger partial charge >= 0.3 is 14.8 Å². The van der Waals surface area contributed by atoms with E-state index in [9.17, 15) is 4.79 Å². The van der Waals surface area contributed by atoms with Crippen molar-refractivity contribution in [2.75, 3.05) is 21.3 Å². The molecule has 6 heteroatoms. The average molecular weight is 248 g/mol. The molecule has 1 N–H and O–H groups in total. The summed E-state index contributed by atoms with van der Waals surface area (Å²) in [5.74, 6) is -0.936. The Kier molecular flexibility index (Phi) is 7.23. The Morgan fingerprint density at radius 3 is 2.06 bits per heavy atom. The second-order valence-corrected chi connectivity index (χ2v) is 6.50. The molecule has 0 aromatic rings. The third-order valence-corrected chi connectivity index (χ3v) is 5.28. The van der Waals surface area contributed by atoms with Crippen molar-refractivity contribution in [1.29, 1.82) is 0 Å². The molecule has 5 nitrogen and oxygen atoms in total. The third kappa shape index (κ3) is 4.89. The van der Waals surface area contributed by atoms with Gasteiger partial charge in [0, 0.05) is 32.9 Å². The molecular weight excluding hydrogens is 228 g/mol. The lowest BCUT2D eigenvalue weighted by atomic mass is 10.1. The molecule has 94 valence electrons. The summed E-state index contributed by atoms with van der Waals surface area (Å²) in [6.45, 7) is 3.47. The molecule has 0 aromatic heterocycles. The molecule has 0 amide bonds. The van der Waals surface area contributed by atoms with Crippen molar-refractivity contribution >= 4 is 14.8 Å². The molecule has 0 atom stereocenters. The van der Waals surface area contributed by atoms with Crippen LogP contribution in [0.3, 0.4) is 0 Å². The molecule has 0 unspecified atom stereocenters. The molecule has 0 aliphatic heterocycles. The first-order valence-electron chi connectivity index (χ1n) is 5.08. The summed E-state index contributed by atoms with van der Waals surface area (Å²) >= 11 is 0. The molecule has 0 aromatic carbocycles. The van der Waals surface area contributed by atoms with E-state index in [1.165, 1.54) is 0 Å². The first-order valence-corrected chi connectivity index (χ1v) is 7.01. The fourth-order valence-electron chi connectivity index (χ4n) is 1.34. The Morgan fingerprint density at radius 2 is 1.69 bits per heavy atom. The van der Waals surface area contributed by atoms with Crippen molar-refractivity contribution in [3.63, 3.8) is 0 Å². The Bertz CT molecular complexity index is 229. The Labute approximate surface area is 97.4 Å². The number of aliphatic carboxylic acids is 1. The number of rotatable bonds is 9. The number of carboxylic acid groups (broad SMARTS) is 1. The lowest BCUT2D eigenvalue weighted by Crippen LogP contribution is -2.42. The zero-order valence-corrected chi connectivity index (χ0v) is 11.1. The van der Waals surface area contributed by atoms with Crippen LogP contribution in [0.2, 0.25) is 6.04 Å². The van der Waals surface area contributed by atoms with Gasteiger partial charge in [-0.3, -0.25) is 0 Å². The van der Waals surface area contributed by atoms with E-state index in [0.717, 1.165) is 12.8 Å². The molecule has 0 spiro atoms. The zero-order chi connectivity index (χ0) is 12.6. The third-order valence-electron chi connectivity index (χ3n) is 2.45. The summed E-state index contributed by atoms with van der Waals surface area (Å²) in [6.07, 6.45) is 2.03. The number of hydrogen-bond acceptors (Lipinski definition) is 4. The predicted molar refractivity (Wildman–Crippen MR) is 62.2 cm³/mol. The summed E-state index contributed by atoms with van der Waals surface area (Å²) in [4.78, 5) is 10.5. The van der Waals surface area contributed by atoms with E-state index in [2.05, 4.69) is 6.58 Å². The Balaban J connectivity index is 3.88. The number of carbonyl (C=O) groups is 1. The molecule has 0 bridgehead atoms. The van der Waals surface area contributed by atoms with E-state index in [1.807, 2.05) is 0 Å². The van der Waals surface area contributed by atoms with Crippen LogP contribution in [-0.2, 0) is 18.1 Å². The molecular formula is C10H20O5Si. The molecule has 0 fully saturated rings. The monoisotopic (exact) mass is 248 g/mol. The van der Waals surface area contributed by atoms with Gasteiger partial charge < -0.3 is 18.4 Å². The maximum atomic E-state index is 10.5. The molecule has 0 radical (unpaired) electrons. The molecule has 0 heterocycles. The van der Waals surface area contributed by atoms with Gasteiger partial charge in [0.25, 0.3) is 0 Å². The lowest BCUT2D eigenvalue weighted by molar-refractivity contribution is -0.132. The highest BCUT2D eigenvalue weighted by molar-refractivity contribution is 6.60. The second kappa shape index (κ2) is 7.56. The van der Waals surface area contributed by atoms with Gasteiger partial charge in [-0.2, -0.15) is 0 Å². The zero-order valence-electron chi connectivity index (χ0n) is 10.1. The fraction of sp³-hybridized carbons (Fsp3) is 0.700. The van der Waals surface area contributed by atoms with E-state index >= 15 is 0 Å². The summed E-state index contributed by atoms with van der Waals surface area (Å²) in [6, 6.07) is 0.684. The summed E-state index contributed by atoms with van der Waals surface area (Å²) in [5, 5.41) is 8.61. The molecule has 0 saturated heterocycles. The topological polar surface area (TPSA) is 65.0 Å². The van der Waals surface area contributed by atoms with Gasteiger partial charge in [0.2, 0.25) is 0 Å². The van der Waals surface area contributed by atoms with Crippen LogP contribution in [0.15, 0.2) is 12.2 Å². The van der Waals surface area contributed by atoms with Gasteiger partial charge in [-0.05, 0) is 19.3 Å². The maximum absolute atomic E-state index is 10.5. The van der Waals surface area contributed by atoms with Crippen molar-refractivity contribution in [2.45, 2.75) is 25.3 Å². The van der Waals surface area contributed by atoms with Crippen molar-refractivity contribution in [3.8, 4) is 0 Å². The SMILES string of the molecule is C=C(CCCC[Si](OC)(OC)OC)C(=O)O. The minimum atomic E-state index is -2.49. The smallest absolute Gasteiger partial charge is 0.478 e. The highest BCUT2D eigenvalue weighted by atomic mass is 28.4. The van der Waals surface area contributed by atoms with Gasteiger partial charge in [0.1, 0.15) is 0 Å². The second-order valence-electron chi connectivity index (χ2n) is 3.41. The maximum Gasteiger partial charge on any atom is 0.500 e. The van der Waals surface area contributed by atoms with E-state index in [4.69, 9.17) is 18.4 Å². The highest BCUT2D eigenvalue weighted by Crippen LogP contribution is 2.18. The minimum Gasteiger partial charge on any atom is -0.478 e. The average Bonchev–Trinajstić information content (AvgIpc) is 2.30. The summed E-state index contributed by atoms with van der Waals surface area (Å²) in [7, 11) is 2.20. The van der Waals surface area contributed by atoms with E-state index in [0.29, 0.717) is 12.5 Å². The van der Waals surface area contributed by atoms with E-state index in [-0.39, 0.29) is 5.57 Å². The standard InChI is InChI=1S/C10H20O5Si/c1-9(10(11)12)7-5-6-8-16(13-2,14-3)15-4/h1,5-8H2,2-4H3,(H,11,12). The quantitative estimate of drug-likeness (QED) is 0.382. The van der Waals surface area contributed by atoms with Crippen molar-refractivity contribution in [1.82, 2.24) is 0 Å². The van der Waals surface area contributed by atoms with Crippen LogP contribution in [0.4, 0.5) is 0 Å². The van der Waals surface area contributed by atoms with Crippen molar-refractivity contribution in [2.24, 2.45) is 0 Å². The summed E-state index contributed by atoms with van der Waals surface area (Å²) < 4.78 is 15.7. The van der Waals surface area contributed by atoms with Crippen LogP contribution < -0.4 is 0 Å². The number of hydrogen-bond donors (Lipinski definition) is 1. The first kappa shape index (κ1) is 15.3. The van der Waals surface area contributed by atoms with Crippen molar-refractivity contribution < 1.29 is 23.2 Å². The lowest BCUT2D eigenvalue weighted by Gasteiger charge is -2.24. The van der Waals surface area contributed by atoms with E-state index < -0.39 is 14.8 Å². The molecule has 0 saturated carbocycles. The van der Waals surface area contributed by atoms with Gasteiger partial charge in [0.15, 0.2) is 0 Å². The van der Waals surface area contributed by atoms with Crippen LogP contribution in [-0.4, -0.2) is 41.2 Å². The normalized spacial score (nSPS) is 11.4. The predicted octanol–water partition coefficient (Wildman–Crippen LogP) is 1.68. The van der Waals surface area contributed by atoms with Crippen LogP contribution in [0.25, 0.3) is 0 Å². The molecule has 16 heavy (non-hydrogen) atoms. The van der Waals surface area contributed by atoms with Gasteiger partial charge in [-0.15, -0.1) is 0 Å². The minimum absolute atomic E-state index is 0.236. The van der Waals surface area contributed by atoms with Gasteiger partial charge in [-0.25, -0.2) is 4.79 Å². The van der Waals surface area contributed by atoms with Crippen LogP contribution in [0.1, 0.15) is 19.3 Å². The largest absolute Gasteiger partial charge is 0.500 e. The first-order chi connectivity index (χ1) is 7.51. The number of unbranched alkanes of at least 4 members (excludes halogenated alkanes) is 1. The Morgan fingerprint density at radius 1 is 1.19 bits per heavy atom. The molecule has 0 rings (SSSR count). The molecule has 0 aliphatic rings. The van der Waals surface area contributed by atoms with Gasteiger partial charge in [0.05, 0.1) is 0 Å². The van der Waals surface area contributed by atoms with Crippen LogP contribution in [0.5, 0.6) is 0 Å².